The van der Waals surface area contributed by atoms with Gasteiger partial charge in [0.05, 0.1) is 19.3 Å². The number of morpholine rings is 1. The van der Waals surface area contributed by atoms with Crippen molar-refractivity contribution in [3.8, 4) is 0 Å². The highest BCUT2D eigenvalue weighted by Crippen LogP contribution is 2.21. The fraction of sp³-hybridized carbons (Fsp3) is 0.412. The largest absolute Gasteiger partial charge is 0.379 e. The predicted octanol–water partition coefficient (Wildman–Crippen LogP) is 1.21. The van der Waals surface area contributed by atoms with Crippen LogP contribution in [-0.2, 0) is 16.1 Å². The maximum absolute atomic E-state index is 13.2. The molecule has 6 nitrogen and oxygen atoms in total. The summed E-state index contributed by atoms with van der Waals surface area (Å²) < 4.78 is 20.2. The molecule has 1 unspecified atom stereocenters. The summed E-state index contributed by atoms with van der Waals surface area (Å²) in [5.74, 6) is -0.360. The van der Waals surface area contributed by atoms with Crippen molar-refractivity contribution in [3.63, 3.8) is 0 Å². The molecule has 0 aliphatic carbocycles. The molecule has 3 rings (SSSR count). The minimum Gasteiger partial charge on any atom is -0.379 e. The molecule has 1 fully saturated rings. The Morgan fingerprint density at radius 3 is 2.71 bits per heavy atom. The number of carbonyl (C=O) groups is 1. The van der Waals surface area contributed by atoms with Crippen molar-refractivity contribution in [1.82, 2.24) is 20.0 Å². The maximum Gasteiger partial charge on any atom is 0.241 e. The van der Waals surface area contributed by atoms with Gasteiger partial charge in [-0.3, -0.25) is 14.4 Å². The number of nitrogens with one attached hydrogen (secondary N) is 1. The Balaban J connectivity index is 1.65. The second-order valence-electron chi connectivity index (χ2n) is 5.72. The summed E-state index contributed by atoms with van der Waals surface area (Å²) in [6.45, 7) is 3.56. The molecule has 1 saturated heterocycles. The molecule has 0 saturated carbocycles. The van der Waals surface area contributed by atoms with Crippen LogP contribution < -0.4 is 5.32 Å². The molecular weight excluding hydrogens is 311 g/mol. The Kier molecular flexibility index (Phi) is 5.55. The van der Waals surface area contributed by atoms with Gasteiger partial charge >= 0.3 is 0 Å². The highest BCUT2D eigenvalue weighted by atomic mass is 19.1. The monoisotopic (exact) mass is 332 g/mol. The van der Waals surface area contributed by atoms with Crippen LogP contribution in [0.1, 0.15) is 11.6 Å². The number of aromatic nitrogens is 2. The normalized spacial score (nSPS) is 16.7. The number of halogens is 1. The Bertz CT molecular complexity index is 639. The molecule has 1 N–H and O–H groups in total. The van der Waals surface area contributed by atoms with Gasteiger partial charge in [0, 0.05) is 32.0 Å². The summed E-state index contributed by atoms with van der Waals surface area (Å²) in [5.41, 5.74) is 0.984. The summed E-state index contributed by atoms with van der Waals surface area (Å²) in [7, 11) is 0. The van der Waals surface area contributed by atoms with E-state index >= 15 is 0 Å². The molecule has 0 radical (unpaired) electrons. The van der Waals surface area contributed by atoms with Crippen LogP contribution in [-0.4, -0.2) is 53.4 Å². The molecule has 2 heterocycles. The van der Waals surface area contributed by atoms with Crippen LogP contribution in [0.4, 0.5) is 4.39 Å². The lowest BCUT2D eigenvalue weighted by Crippen LogP contribution is -2.44. The van der Waals surface area contributed by atoms with Crippen molar-refractivity contribution in [2.45, 2.75) is 12.6 Å². The second kappa shape index (κ2) is 8.03. The standard InChI is InChI=1S/C17H21FN4O2/c18-15-4-2-14(3-5-15)16(21-8-10-24-11-9-21)12-19-17(23)13-22-7-1-6-20-22/h1-7,16H,8-13H2,(H,19,23). The number of benzene rings is 1. The van der Waals surface area contributed by atoms with Gasteiger partial charge in [-0.15, -0.1) is 0 Å². The maximum atomic E-state index is 13.2. The van der Waals surface area contributed by atoms with E-state index in [0.29, 0.717) is 19.8 Å². The number of amides is 1. The zero-order valence-electron chi connectivity index (χ0n) is 13.4. The Morgan fingerprint density at radius 1 is 1.29 bits per heavy atom. The molecule has 1 aliphatic heterocycles. The Labute approximate surface area is 140 Å². The van der Waals surface area contributed by atoms with Crippen LogP contribution in [0.2, 0.25) is 0 Å². The summed E-state index contributed by atoms with van der Waals surface area (Å²) in [4.78, 5) is 14.4. The summed E-state index contributed by atoms with van der Waals surface area (Å²) in [6.07, 6.45) is 3.39. The van der Waals surface area contributed by atoms with Gasteiger partial charge < -0.3 is 10.1 Å². The molecule has 128 valence electrons. The lowest BCUT2D eigenvalue weighted by atomic mass is 10.0. The van der Waals surface area contributed by atoms with Gasteiger partial charge in [-0.1, -0.05) is 12.1 Å². The minimum atomic E-state index is -0.262. The smallest absolute Gasteiger partial charge is 0.241 e. The molecule has 0 bridgehead atoms. The molecule has 24 heavy (non-hydrogen) atoms. The lowest BCUT2D eigenvalue weighted by Gasteiger charge is -2.35. The highest BCUT2D eigenvalue weighted by Gasteiger charge is 2.23. The molecule has 0 spiro atoms. The highest BCUT2D eigenvalue weighted by molar-refractivity contribution is 5.75. The second-order valence-corrected chi connectivity index (χ2v) is 5.72. The predicted molar refractivity (Wildman–Crippen MR) is 86.8 cm³/mol. The number of ether oxygens (including phenoxy) is 1. The van der Waals surface area contributed by atoms with E-state index in [1.165, 1.54) is 12.1 Å². The van der Waals surface area contributed by atoms with Gasteiger partial charge in [-0.25, -0.2) is 4.39 Å². The van der Waals surface area contributed by atoms with Crippen LogP contribution in [0.3, 0.4) is 0 Å². The van der Waals surface area contributed by atoms with E-state index in [4.69, 9.17) is 4.74 Å². The van der Waals surface area contributed by atoms with E-state index < -0.39 is 0 Å². The summed E-state index contributed by atoms with van der Waals surface area (Å²) >= 11 is 0. The van der Waals surface area contributed by atoms with E-state index in [1.807, 2.05) is 0 Å². The van der Waals surface area contributed by atoms with Crippen LogP contribution >= 0.6 is 0 Å². The first kappa shape index (κ1) is 16.6. The van der Waals surface area contributed by atoms with E-state index in [2.05, 4.69) is 15.3 Å². The third-order valence-corrected chi connectivity index (χ3v) is 4.10. The number of rotatable bonds is 6. The average Bonchev–Trinajstić information content (AvgIpc) is 3.10. The van der Waals surface area contributed by atoms with Crippen LogP contribution in [0, 0.1) is 5.82 Å². The topological polar surface area (TPSA) is 59.4 Å². The minimum absolute atomic E-state index is 0.00364. The van der Waals surface area contributed by atoms with E-state index in [-0.39, 0.29) is 24.3 Å². The first-order valence-electron chi connectivity index (χ1n) is 8.04. The Morgan fingerprint density at radius 2 is 2.04 bits per heavy atom. The third-order valence-electron chi connectivity index (χ3n) is 4.10. The van der Waals surface area contributed by atoms with E-state index in [1.54, 1.807) is 35.3 Å². The van der Waals surface area contributed by atoms with Crippen molar-refractivity contribution < 1.29 is 13.9 Å². The van der Waals surface area contributed by atoms with Gasteiger partial charge in [-0.05, 0) is 23.8 Å². The van der Waals surface area contributed by atoms with E-state index in [0.717, 1.165) is 18.7 Å². The first-order valence-corrected chi connectivity index (χ1v) is 8.04. The van der Waals surface area contributed by atoms with Gasteiger partial charge in [0.1, 0.15) is 12.4 Å². The van der Waals surface area contributed by atoms with Crippen LogP contribution in [0.25, 0.3) is 0 Å². The Hall–Kier alpha value is -2.25. The molecule has 7 heteroatoms. The van der Waals surface area contributed by atoms with Crippen LogP contribution in [0.15, 0.2) is 42.7 Å². The van der Waals surface area contributed by atoms with Crippen LogP contribution in [0.5, 0.6) is 0 Å². The van der Waals surface area contributed by atoms with E-state index in [9.17, 15) is 9.18 Å². The molecule has 1 aromatic carbocycles. The van der Waals surface area contributed by atoms with Crippen molar-refractivity contribution >= 4 is 5.91 Å². The first-order chi connectivity index (χ1) is 11.7. The lowest BCUT2D eigenvalue weighted by molar-refractivity contribution is -0.122. The van der Waals surface area contributed by atoms with Gasteiger partial charge in [-0.2, -0.15) is 5.10 Å². The number of hydrogen-bond acceptors (Lipinski definition) is 4. The SMILES string of the molecule is O=C(Cn1cccn1)NCC(c1ccc(F)cc1)N1CCOCC1. The average molecular weight is 332 g/mol. The fourth-order valence-corrected chi connectivity index (χ4v) is 2.84. The van der Waals surface area contributed by atoms with Crippen molar-refractivity contribution in [2.75, 3.05) is 32.8 Å². The third kappa shape index (κ3) is 4.39. The molecule has 1 aromatic heterocycles. The quantitative estimate of drug-likeness (QED) is 0.864. The fourth-order valence-electron chi connectivity index (χ4n) is 2.84. The zero-order chi connectivity index (χ0) is 16.8. The number of carbonyl (C=O) groups excluding carboxylic acids is 1. The summed E-state index contributed by atoms with van der Waals surface area (Å²) in [6, 6.07) is 8.23. The van der Waals surface area contributed by atoms with Crippen molar-refractivity contribution in [1.29, 1.82) is 0 Å². The molecule has 1 aliphatic rings. The van der Waals surface area contributed by atoms with Gasteiger partial charge in [0.2, 0.25) is 5.91 Å². The number of nitrogens with zero attached hydrogens (tertiary/aromatic N) is 3. The van der Waals surface area contributed by atoms with Crippen molar-refractivity contribution in [3.05, 3.63) is 54.1 Å². The molecule has 1 atom stereocenters. The molecule has 1 amide bonds. The number of hydrogen-bond donors (Lipinski definition) is 1. The van der Waals surface area contributed by atoms with Crippen molar-refractivity contribution in [2.24, 2.45) is 0 Å². The molecule has 2 aromatic rings. The zero-order valence-corrected chi connectivity index (χ0v) is 13.4. The van der Waals surface area contributed by atoms with Gasteiger partial charge in [0.15, 0.2) is 0 Å². The van der Waals surface area contributed by atoms with Gasteiger partial charge in [0.25, 0.3) is 0 Å². The molecular formula is C17H21FN4O2. The summed E-state index contributed by atoms with van der Waals surface area (Å²) in [5, 5.41) is 6.98.